The molecule has 0 radical (unpaired) electrons. The van der Waals surface area contributed by atoms with Gasteiger partial charge in [-0.15, -0.1) is 0 Å². The fourth-order valence-electron chi connectivity index (χ4n) is 1.70. The fourth-order valence-corrected chi connectivity index (χ4v) is 2.32. The van der Waals surface area contributed by atoms with Crippen LogP contribution in [-0.4, -0.2) is 11.6 Å². The van der Waals surface area contributed by atoms with Gasteiger partial charge in [0.1, 0.15) is 10.0 Å². The summed E-state index contributed by atoms with van der Waals surface area (Å²) in [6, 6.07) is 7.05. The van der Waals surface area contributed by atoms with Crippen molar-refractivity contribution in [3.63, 3.8) is 0 Å². The van der Waals surface area contributed by atoms with E-state index in [1.165, 1.54) is 0 Å². The molecular formula is C14H13Cl3N5O+. The second-order valence-corrected chi connectivity index (χ2v) is 5.75. The van der Waals surface area contributed by atoms with E-state index in [-0.39, 0.29) is 26.6 Å². The van der Waals surface area contributed by atoms with Gasteiger partial charge in [-0.05, 0) is 36.2 Å². The van der Waals surface area contributed by atoms with Gasteiger partial charge in [-0.25, -0.2) is 5.43 Å². The Kier molecular flexibility index (Phi) is 5.30. The van der Waals surface area contributed by atoms with Crippen LogP contribution in [0.2, 0.25) is 15.2 Å². The number of aromatic nitrogens is 1. The number of nitrogens with two attached hydrogens (primary N) is 2. The van der Waals surface area contributed by atoms with Crippen LogP contribution in [0.1, 0.15) is 23.0 Å². The van der Waals surface area contributed by atoms with E-state index in [1.807, 2.05) is 0 Å². The molecule has 1 aromatic heterocycles. The minimum Gasteiger partial charge on any atom is -0.399 e. The van der Waals surface area contributed by atoms with Crippen molar-refractivity contribution in [2.75, 3.05) is 11.5 Å². The summed E-state index contributed by atoms with van der Waals surface area (Å²) in [5.74, 6) is -0.602. The van der Waals surface area contributed by atoms with Gasteiger partial charge in [-0.2, -0.15) is 10.1 Å². The smallest absolute Gasteiger partial charge is 0.337 e. The molecule has 0 aliphatic carbocycles. The monoisotopic (exact) mass is 372 g/mol. The summed E-state index contributed by atoms with van der Waals surface area (Å²) in [5.41, 5.74) is 15.7. The van der Waals surface area contributed by atoms with Crippen molar-refractivity contribution in [3.8, 4) is 0 Å². The number of amides is 1. The third-order valence-corrected chi connectivity index (χ3v) is 4.17. The van der Waals surface area contributed by atoms with Crippen LogP contribution in [0.5, 0.6) is 0 Å². The third kappa shape index (κ3) is 3.85. The highest BCUT2D eigenvalue weighted by Crippen LogP contribution is 2.31. The first-order chi connectivity index (χ1) is 10.8. The van der Waals surface area contributed by atoms with Crippen LogP contribution in [0.25, 0.3) is 0 Å². The molecule has 0 atom stereocenters. The zero-order valence-electron chi connectivity index (χ0n) is 12.0. The molecule has 0 fully saturated rings. The zero-order valence-corrected chi connectivity index (χ0v) is 14.2. The van der Waals surface area contributed by atoms with E-state index in [0.29, 0.717) is 11.4 Å². The number of pyridine rings is 1. The number of hydrogen-bond donors (Lipinski definition) is 3. The molecule has 1 aromatic carbocycles. The molecule has 0 saturated heterocycles. The van der Waals surface area contributed by atoms with E-state index in [0.717, 1.165) is 5.56 Å². The summed E-state index contributed by atoms with van der Waals surface area (Å²) in [5, 5.41) is 4.04. The summed E-state index contributed by atoms with van der Waals surface area (Å²) in [7, 11) is 0. The Morgan fingerprint density at radius 1 is 1.13 bits per heavy atom. The Balaban J connectivity index is 2.23. The first kappa shape index (κ1) is 17.3. The van der Waals surface area contributed by atoms with Gasteiger partial charge in [0, 0.05) is 5.69 Å². The van der Waals surface area contributed by atoms with Gasteiger partial charge in [0.2, 0.25) is 0 Å². The maximum absolute atomic E-state index is 12.2. The van der Waals surface area contributed by atoms with Crippen molar-refractivity contribution < 1.29 is 9.78 Å². The van der Waals surface area contributed by atoms with Crippen LogP contribution in [0.4, 0.5) is 11.4 Å². The molecule has 1 heterocycles. The quantitative estimate of drug-likeness (QED) is 0.333. The van der Waals surface area contributed by atoms with Crippen molar-refractivity contribution in [1.29, 1.82) is 0 Å². The maximum atomic E-state index is 12.2. The van der Waals surface area contributed by atoms with Gasteiger partial charge in [-0.3, -0.25) is 4.79 Å². The first-order valence-corrected chi connectivity index (χ1v) is 7.50. The zero-order chi connectivity index (χ0) is 17.1. The predicted molar refractivity (Wildman–Crippen MR) is 93.0 cm³/mol. The largest absolute Gasteiger partial charge is 0.399 e. The summed E-state index contributed by atoms with van der Waals surface area (Å²) in [4.78, 5) is 14.7. The number of halogens is 3. The summed E-state index contributed by atoms with van der Waals surface area (Å²) in [6.07, 6.45) is 0. The Hall–Kier alpha value is -2.02. The first-order valence-electron chi connectivity index (χ1n) is 6.37. The van der Waals surface area contributed by atoms with Gasteiger partial charge < -0.3 is 11.5 Å². The molecule has 6 N–H and O–H groups in total. The van der Waals surface area contributed by atoms with E-state index in [2.05, 4.69) is 15.5 Å². The number of rotatable bonds is 3. The number of hydrogen-bond acceptors (Lipinski definition) is 4. The number of nitrogens with zero attached hydrogens (tertiary/aromatic N) is 1. The van der Waals surface area contributed by atoms with E-state index in [9.17, 15) is 4.79 Å². The second-order valence-electron chi connectivity index (χ2n) is 4.62. The van der Waals surface area contributed by atoms with Crippen molar-refractivity contribution in [3.05, 3.63) is 50.7 Å². The number of nitrogens with one attached hydrogen (secondary N) is 2. The predicted octanol–water partition coefficient (Wildman–Crippen LogP) is 2.78. The Labute approximate surface area is 147 Å². The van der Waals surface area contributed by atoms with Crippen LogP contribution in [0, 0.1) is 0 Å². The number of carbonyl (C=O) groups excluding carboxylic acids is 1. The molecule has 0 aliphatic rings. The Bertz CT molecular complexity index is 790. The lowest BCUT2D eigenvalue weighted by molar-refractivity contribution is -0.379. The lowest BCUT2D eigenvalue weighted by Crippen LogP contribution is -2.29. The highest BCUT2D eigenvalue weighted by molar-refractivity contribution is 6.45. The summed E-state index contributed by atoms with van der Waals surface area (Å²) < 4.78 is 0. The van der Waals surface area contributed by atoms with Gasteiger partial charge in [0.25, 0.3) is 10.8 Å². The Morgan fingerprint density at radius 2 is 1.74 bits per heavy atom. The second kappa shape index (κ2) is 7.04. The molecule has 9 heteroatoms. The van der Waals surface area contributed by atoms with Crippen molar-refractivity contribution in [1.82, 2.24) is 5.43 Å². The van der Waals surface area contributed by atoms with Crippen molar-refractivity contribution in [2.24, 2.45) is 5.10 Å². The maximum Gasteiger partial charge on any atom is 0.337 e. The van der Waals surface area contributed by atoms with E-state index in [1.54, 1.807) is 31.2 Å². The third-order valence-electron chi connectivity index (χ3n) is 3.00. The molecule has 0 saturated carbocycles. The van der Waals surface area contributed by atoms with E-state index >= 15 is 0 Å². The lowest BCUT2D eigenvalue weighted by Gasteiger charge is -2.04. The lowest BCUT2D eigenvalue weighted by atomic mass is 10.1. The number of carbonyl (C=O) groups is 1. The molecule has 6 nitrogen and oxygen atoms in total. The van der Waals surface area contributed by atoms with Gasteiger partial charge >= 0.3 is 5.91 Å². The SMILES string of the molecule is C/C(=N/NC(=O)c1[nH+]c(Cl)c(Cl)c(N)c1Cl)c1ccc(N)cc1. The molecule has 0 unspecified atom stereocenters. The number of benzene rings is 1. The molecule has 1 amide bonds. The van der Waals surface area contributed by atoms with Crippen molar-refractivity contribution >= 4 is 57.8 Å². The Morgan fingerprint density at radius 3 is 2.35 bits per heavy atom. The molecule has 23 heavy (non-hydrogen) atoms. The van der Waals surface area contributed by atoms with Crippen LogP contribution >= 0.6 is 34.8 Å². The van der Waals surface area contributed by atoms with Crippen LogP contribution in [0.3, 0.4) is 0 Å². The average Bonchev–Trinajstić information content (AvgIpc) is 2.54. The number of aromatic amines is 1. The molecular weight excluding hydrogens is 361 g/mol. The minimum absolute atomic E-state index is 0.0120. The van der Waals surface area contributed by atoms with Gasteiger partial charge in [0.15, 0.2) is 0 Å². The van der Waals surface area contributed by atoms with E-state index < -0.39 is 5.91 Å². The number of anilines is 2. The normalized spacial score (nSPS) is 11.4. The van der Waals surface area contributed by atoms with Crippen LogP contribution < -0.4 is 21.9 Å². The standard InChI is InChI=1S/C14H12Cl3N5O/c1-6(7-2-4-8(18)5-3-7)21-22-14(23)12-9(15)11(19)10(16)13(17)20-12/h2-5H,18H2,1H3,(H2,19,20)(H,22,23)/p+1/b21-6-. The van der Waals surface area contributed by atoms with Gasteiger partial charge in [0.05, 0.1) is 11.4 Å². The van der Waals surface area contributed by atoms with E-state index in [4.69, 9.17) is 46.3 Å². The van der Waals surface area contributed by atoms with Gasteiger partial charge in [-0.1, -0.05) is 35.3 Å². The molecule has 2 aromatic rings. The number of hydrazone groups is 1. The highest BCUT2D eigenvalue weighted by atomic mass is 35.5. The number of H-pyrrole nitrogens is 1. The van der Waals surface area contributed by atoms with Crippen LogP contribution in [0.15, 0.2) is 29.4 Å². The van der Waals surface area contributed by atoms with Crippen molar-refractivity contribution in [2.45, 2.75) is 6.92 Å². The fraction of sp³-hybridized carbons (Fsp3) is 0.0714. The molecule has 0 spiro atoms. The minimum atomic E-state index is -0.602. The topological polar surface area (TPSA) is 108 Å². The highest BCUT2D eigenvalue weighted by Gasteiger charge is 2.25. The molecule has 0 aliphatic heterocycles. The number of nitrogen functional groups attached to an aromatic ring is 2. The molecule has 0 bridgehead atoms. The average molecular weight is 374 g/mol. The molecule has 120 valence electrons. The summed E-state index contributed by atoms with van der Waals surface area (Å²) in [6.45, 7) is 1.74. The summed E-state index contributed by atoms with van der Waals surface area (Å²) >= 11 is 17.7. The molecule has 2 rings (SSSR count). The van der Waals surface area contributed by atoms with Crippen LogP contribution in [-0.2, 0) is 0 Å².